The minimum atomic E-state index is -0.374. The minimum Gasteiger partial charge on any atom is -0.484 e. The highest BCUT2D eigenvalue weighted by Gasteiger charge is 2.20. The number of benzene rings is 1. The minimum absolute atomic E-state index is 0.0763. The number of halogens is 1. The molecule has 3 rings (SSSR count). The molecule has 5 nitrogen and oxygen atoms in total. The van der Waals surface area contributed by atoms with E-state index in [9.17, 15) is 9.18 Å². The first-order valence-corrected chi connectivity index (χ1v) is 8.04. The first kappa shape index (κ1) is 16.2. The number of ether oxygens (including phenoxy) is 1. The number of hydrogen-bond acceptors (Lipinski definition) is 4. The molecule has 1 saturated heterocycles. The Balaban J connectivity index is 1.53. The van der Waals surface area contributed by atoms with Gasteiger partial charge in [0, 0.05) is 38.4 Å². The number of anilines is 1. The van der Waals surface area contributed by atoms with Gasteiger partial charge in [-0.05, 0) is 30.7 Å². The summed E-state index contributed by atoms with van der Waals surface area (Å²) in [5.41, 5.74) is 0. The maximum atomic E-state index is 13.1. The van der Waals surface area contributed by atoms with E-state index in [0.29, 0.717) is 18.8 Å². The van der Waals surface area contributed by atoms with Gasteiger partial charge in [0.15, 0.2) is 6.61 Å². The van der Waals surface area contributed by atoms with Crippen molar-refractivity contribution in [3.8, 4) is 5.75 Å². The molecule has 1 aromatic carbocycles. The number of hydrogen-bond donors (Lipinski definition) is 0. The van der Waals surface area contributed by atoms with Gasteiger partial charge in [-0.2, -0.15) is 0 Å². The number of nitrogens with zero attached hydrogens (tertiary/aromatic N) is 3. The summed E-state index contributed by atoms with van der Waals surface area (Å²) in [6.45, 7) is 2.85. The van der Waals surface area contributed by atoms with E-state index in [1.54, 1.807) is 23.2 Å². The second-order valence-corrected chi connectivity index (χ2v) is 5.66. The molecule has 126 valence electrons. The van der Waals surface area contributed by atoms with Gasteiger partial charge in [-0.3, -0.25) is 4.79 Å². The molecule has 1 amide bonds. The van der Waals surface area contributed by atoms with Crippen LogP contribution in [0.15, 0.2) is 48.7 Å². The van der Waals surface area contributed by atoms with Gasteiger partial charge in [0.25, 0.3) is 5.91 Å². The monoisotopic (exact) mass is 329 g/mol. The third-order valence-corrected chi connectivity index (χ3v) is 3.98. The molecule has 0 radical (unpaired) electrons. The summed E-state index contributed by atoms with van der Waals surface area (Å²) in [6.07, 6.45) is 2.65. The van der Waals surface area contributed by atoms with E-state index in [-0.39, 0.29) is 18.3 Å². The van der Waals surface area contributed by atoms with Crippen molar-refractivity contribution in [2.45, 2.75) is 6.42 Å². The van der Waals surface area contributed by atoms with Crippen molar-refractivity contribution in [2.24, 2.45) is 0 Å². The topological polar surface area (TPSA) is 45.7 Å². The summed E-state index contributed by atoms with van der Waals surface area (Å²) in [5.74, 6) is 0.846. The SMILES string of the molecule is O=C(COc1cccc(F)c1)N1CCCN(c2ccccn2)CC1. The Bertz CT molecular complexity index is 681. The second kappa shape index (κ2) is 7.77. The van der Waals surface area contributed by atoms with Gasteiger partial charge < -0.3 is 14.5 Å². The third kappa shape index (κ3) is 4.22. The van der Waals surface area contributed by atoms with Crippen LogP contribution in [0.25, 0.3) is 0 Å². The number of amides is 1. The van der Waals surface area contributed by atoms with Crippen molar-refractivity contribution in [1.82, 2.24) is 9.88 Å². The average Bonchev–Trinajstić information content (AvgIpc) is 2.87. The Labute approximate surface area is 140 Å². The average molecular weight is 329 g/mol. The molecule has 2 aromatic rings. The van der Waals surface area contributed by atoms with Crippen LogP contribution in [0.3, 0.4) is 0 Å². The van der Waals surface area contributed by atoms with Crippen LogP contribution in [0, 0.1) is 5.82 Å². The van der Waals surface area contributed by atoms with E-state index in [1.807, 2.05) is 18.2 Å². The quantitative estimate of drug-likeness (QED) is 0.864. The fourth-order valence-corrected chi connectivity index (χ4v) is 2.73. The number of rotatable bonds is 4. The van der Waals surface area contributed by atoms with Crippen LogP contribution >= 0.6 is 0 Å². The van der Waals surface area contributed by atoms with Gasteiger partial charge in [0.05, 0.1) is 0 Å². The molecule has 6 heteroatoms. The predicted octanol–water partition coefficient (Wildman–Crippen LogP) is 2.34. The number of pyridine rings is 1. The number of aromatic nitrogens is 1. The molecule has 0 bridgehead atoms. The van der Waals surface area contributed by atoms with Gasteiger partial charge in [0.1, 0.15) is 17.4 Å². The van der Waals surface area contributed by atoms with Crippen LogP contribution in [0.5, 0.6) is 5.75 Å². The van der Waals surface area contributed by atoms with Crippen LogP contribution in [-0.4, -0.2) is 48.6 Å². The highest BCUT2D eigenvalue weighted by atomic mass is 19.1. The Morgan fingerprint density at radius 2 is 2.04 bits per heavy atom. The van der Waals surface area contributed by atoms with E-state index >= 15 is 0 Å². The third-order valence-electron chi connectivity index (χ3n) is 3.98. The van der Waals surface area contributed by atoms with E-state index in [0.717, 1.165) is 25.3 Å². The zero-order chi connectivity index (χ0) is 16.8. The zero-order valence-electron chi connectivity index (χ0n) is 13.4. The highest BCUT2D eigenvalue weighted by molar-refractivity contribution is 5.77. The summed E-state index contributed by atoms with van der Waals surface area (Å²) >= 11 is 0. The fraction of sp³-hybridized carbons (Fsp3) is 0.333. The molecule has 24 heavy (non-hydrogen) atoms. The van der Waals surface area contributed by atoms with Crippen LogP contribution < -0.4 is 9.64 Å². The van der Waals surface area contributed by atoms with Gasteiger partial charge in [-0.15, -0.1) is 0 Å². The van der Waals surface area contributed by atoms with Crippen LogP contribution in [0.4, 0.5) is 10.2 Å². The van der Waals surface area contributed by atoms with Gasteiger partial charge in [0.2, 0.25) is 0 Å². The van der Waals surface area contributed by atoms with E-state index < -0.39 is 0 Å². The van der Waals surface area contributed by atoms with Crippen molar-refractivity contribution in [1.29, 1.82) is 0 Å². The van der Waals surface area contributed by atoms with E-state index in [2.05, 4.69) is 9.88 Å². The summed E-state index contributed by atoms with van der Waals surface area (Å²) in [6, 6.07) is 11.6. The standard InChI is InChI=1S/C18H20FN3O2/c19-15-5-3-6-16(13-15)24-14-18(23)22-10-4-9-21(11-12-22)17-7-1-2-8-20-17/h1-3,5-8,13H,4,9-12,14H2. The lowest BCUT2D eigenvalue weighted by Crippen LogP contribution is -2.38. The van der Waals surface area contributed by atoms with Crippen molar-refractivity contribution >= 4 is 11.7 Å². The molecule has 0 N–H and O–H groups in total. The Morgan fingerprint density at radius 1 is 1.12 bits per heavy atom. The highest BCUT2D eigenvalue weighted by Crippen LogP contribution is 2.14. The lowest BCUT2D eigenvalue weighted by Gasteiger charge is -2.22. The zero-order valence-corrected chi connectivity index (χ0v) is 13.4. The second-order valence-electron chi connectivity index (χ2n) is 5.66. The Kier molecular flexibility index (Phi) is 5.25. The van der Waals surface area contributed by atoms with Crippen LogP contribution in [0.1, 0.15) is 6.42 Å². The van der Waals surface area contributed by atoms with Crippen molar-refractivity contribution in [2.75, 3.05) is 37.7 Å². The maximum Gasteiger partial charge on any atom is 0.260 e. The number of carbonyl (C=O) groups is 1. The van der Waals surface area contributed by atoms with Crippen LogP contribution in [0.2, 0.25) is 0 Å². The lowest BCUT2D eigenvalue weighted by molar-refractivity contribution is -0.133. The molecular weight excluding hydrogens is 309 g/mol. The molecule has 0 saturated carbocycles. The summed E-state index contributed by atoms with van der Waals surface area (Å²) in [7, 11) is 0. The molecule has 0 unspecified atom stereocenters. The summed E-state index contributed by atoms with van der Waals surface area (Å²) in [5, 5.41) is 0. The predicted molar refractivity (Wildman–Crippen MR) is 89.5 cm³/mol. The van der Waals surface area contributed by atoms with Crippen LogP contribution in [-0.2, 0) is 4.79 Å². The van der Waals surface area contributed by atoms with E-state index in [4.69, 9.17) is 4.74 Å². The van der Waals surface area contributed by atoms with Crippen molar-refractivity contribution in [3.05, 3.63) is 54.5 Å². The normalized spacial score (nSPS) is 15.0. The summed E-state index contributed by atoms with van der Waals surface area (Å²) < 4.78 is 18.5. The first-order chi connectivity index (χ1) is 11.7. The molecular formula is C18H20FN3O2. The maximum absolute atomic E-state index is 13.1. The fourth-order valence-electron chi connectivity index (χ4n) is 2.73. The van der Waals surface area contributed by atoms with Gasteiger partial charge in [-0.1, -0.05) is 12.1 Å². The van der Waals surface area contributed by atoms with Gasteiger partial charge >= 0.3 is 0 Å². The molecule has 1 aromatic heterocycles. The Hall–Kier alpha value is -2.63. The van der Waals surface area contributed by atoms with E-state index in [1.165, 1.54) is 12.1 Å². The molecule has 1 aliphatic rings. The summed E-state index contributed by atoms with van der Waals surface area (Å²) in [4.78, 5) is 20.7. The van der Waals surface area contributed by atoms with Crippen molar-refractivity contribution in [3.63, 3.8) is 0 Å². The molecule has 1 fully saturated rings. The lowest BCUT2D eigenvalue weighted by atomic mass is 10.3. The smallest absolute Gasteiger partial charge is 0.260 e. The molecule has 2 heterocycles. The number of carbonyl (C=O) groups excluding carboxylic acids is 1. The molecule has 0 atom stereocenters. The molecule has 0 aliphatic carbocycles. The van der Waals surface area contributed by atoms with Crippen molar-refractivity contribution < 1.29 is 13.9 Å². The molecule has 0 spiro atoms. The van der Waals surface area contributed by atoms with Gasteiger partial charge in [-0.25, -0.2) is 9.37 Å². The molecule has 1 aliphatic heterocycles. The first-order valence-electron chi connectivity index (χ1n) is 8.04. The Morgan fingerprint density at radius 3 is 2.83 bits per heavy atom. The largest absolute Gasteiger partial charge is 0.484 e.